The summed E-state index contributed by atoms with van der Waals surface area (Å²) in [6.45, 7) is 1.98. The molecule has 0 amide bonds. The van der Waals surface area contributed by atoms with Crippen LogP contribution in [0.3, 0.4) is 0 Å². The first-order chi connectivity index (χ1) is 8.27. The van der Waals surface area contributed by atoms with Gasteiger partial charge in [0, 0.05) is 16.8 Å². The molecule has 3 heteroatoms. The number of carbonyl (C=O) groups is 1. The average molecular weight is 296 g/mol. The van der Waals surface area contributed by atoms with Crippen molar-refractivity contribution in [2.45, 2.75) is 25.7 Å². The summed E-state index contributed by atoms with van der Waals surface area (Å²) in [7, 11) is 0. The molecule has 1 N–H and O–H groups in total. The Kier molecular flexibility index (Phi) is 4.75. The van der Waals surface area contributed by atoms with Gasteiger partial charge in [-0.3, -0.25) is 4.79 Å². The standard InChI is InChI=1S/C14H18BrNO/c15-13-4-2-1-3-11(13)5-6-14(17)12-7-9-16-10-8-12/h1-4,12,16H,5-10H2. The van der Waals surface area contributed by atoms with Gasteiger partial charge in [0.05, 0.1) is 0 Å². The summed E-state index contributed by atoms with van der Waals surface area (Å²) in [6.07, 6.45) is 3.54. The van der Waals surface area contributed by atoms with E-state index in [0.29, 0.717) is 18.1 Å². The lowest BCUT2D eigenvalue weighted by molar-refractivity contribution is -0.123. The van der Waals surface area contributed by atoms with Crippen LogP contribution in [-0.2, 0) is 11.2 Å². The van der Waals surface area contributed by atoms with E-state index in [0.717, 1.165) is 36.8 Å². The Morgan fingerprint density at radius 1 is 1.29 bits per heavy atom. The van der Waals surface area contributed by atoms with Crippen molar-refractivity contribution in [3.63, 3.8) is 0 Å². The van der Waals surface area contributed by atoms with Crippen molar-refractivity contribution in [1.82, 2.24) is 5.32 Å². The maximum Gasteiger partial charge on any atom is 0.136 e. The Hall–Kier alpha value is -0.670. The van der Waals surface area contributed by atoms with Crippen LogP contribution in [0.25, 0.3) is 0 Å². The van der Waals surface area contributed by atoms with Gasteiger partial charge in [-0.2, -0.15) is 0 Å². The van der Waals surface area contributed by atoms with Crippen LogP contribution >= 0.6 is 15.9 Å². The van der Waals surface area contributed by atoms with Crippen molar-refractivity contribution in [3.05, 3.63) is 34.3 Å². The fourth-order valence-electron chi connectivity index (χ4n) is 2.31. The third-order valence-electron chi connectivity index (χ3n) is 3.39. The minimum absolute atomic E-state index is 0.290. The van der Waals surface area contributed by atoms with Crippen LogP contribution in [0.4, 0.5) is 0 Å². The number of Topliss-reactive ketones (excluding diaryl/α,β-unsaturated/α-hetero) is 1. The number of nitrogens with one attached hydrogen (secondary N) is 1. The topological polar surface area (TPSA) is 29.1 Å². The molecule has 92 valence electrons. The molecule has 1 aromatic rings. The molecule has 1 aromatic carbocycles. The van der Waals surface area contributed by atoms with Gasteiger partial charge in [-0.15, -0.1) is 0 Å². The van der Waals surface area contributed by atoms with Crippen LogP contribution in [0, 0.1) is 5.92 Å². The molecular formula is C14H18BrNO. The lowest BCUT2D eigenvalue weighted by Gasteiger charge is -2.21. The second-order valence-electron chi connectivity index (χ2n) is 4.58. The molecule has 0 saturated carbocycles. The van der Waals surface area contributed by atoms with Crippen LogP contribution < -0.4 is 5.32 Å². The van der Waals surface area contributed by atoms with Gasteiger partial charge in [0.2, 0.25) is 0 Å². The van der Waals surface area contributed by atoms with Gasteiger partial charge in [0.15, 0.2) is 0 Å². The van der Waals surface area contributed by atoms with Gasteiger partial charge in [-0.05, 0) is 44.0 Å². The van der Waals surface area contributed by atoms with E-state index >= 15 is 0 Å². The number of ketones is 1. The third kappa shape index (κ3) is 3.65. The summed E-state index contributed by atoms with van der Waals surface area (Å²) in [5.41, 5.74) is 1.23. The maximum atomic E-state index is 12.0. The molecule has 0 atom stereocenters. The summed E-state index contributed by atoms with van der Waals surface area (Å²) < 4.78 is 1.11. The number of rotatable bonds is 4. The molecule has 1 aliphatic rings. The van der Waals surface area contributed by atoms with Crippen molar-refractivity contribution in [3.8, 4) is 0 Å². The fraction of sp³-hybridized carbons (Fsp3) is 0.500. The van der Waals surface area contributed by atoms with Gasteiger partial charge < -0.3 is 5.32 Å². The molecule has 0 radical (unpaired) electrons. The number of piperidine rings is 1. The highest BCUT2D eigenvalue weighted by Gasteiger charge is 2.20. The Morgan fingerprint density at radius 3 is 2.71 bits per heavy atom. The van der Waals surface area contributed by atoms with Crippen molar-refractivity contribution >= 4 is 21.7 Å². The third-order valence-corrected chi connectivity index (χ3v) is 4.17. The minimum atomic E-state index is 0.290. The second kappa shape index (κ2) is 6.31. The fourth-order valence-corrected chi connectivity index (χ4v) is 2.79. The molecule has 2 nitrogen and oxygen atoms in total. The average Bonchev–Trinajstić information content (AvgIpc) is 2.38. The molecule has 1 fully saturated rings. The molecule has 1 aliphatic heterocycles. The van der Waals surface area contributed by atoms with Crippen molar-refractivity contribution in [2.75, 3.05) is 13.1 Å². The van der Waals surface area contributed by atoms with Gasteiger partial charge in [-0.25, -0.2) is 0 Å². The number of carbonyl (C=O) groups excluding carboxylic acids is 1. The van der Waals surface area contributed by atoms with Crippen molar-refractivity contribution in [1.29, 1.82) is 0 Å². The Balaban J connectivity index is 1.85. The number of aryl methyl sites for hydroxylation is 1. The minimum Gasteiger partial charge on any atom is -0.317 e. The highest BCUT2D eigenvalue weighted by Crippen LogP contribution is 2.20. The summed E-state index contributed by atoms with van der Waals surface area (Å²) in [5, 5.41) is 3.29. The lowest BCUT2D eigenvalue weighted by atomic mass is 9.90. The molecular weight excluding hydrogens is 278 g/mol. The molecule has 2 rings (SSSR count). The van der Waals surface area contributed by atoms with E-state index < -0.39 is 0 Å². The number of halogens is 1. The zero-order valence-corrected chi connectivity index (χ0v) is 11.5. The van der Waals surface area contributed by atoms with E-state index in [1.165, 1.54) is 5.56 Å². The molecule has 17 heavy (non-hydrogen) atoms. The first-order valence-electron chi connectivity index (χ1n) is 6.24. The predicted molar refractivity (Wildman–Crippen MR) is 73.1 cm³/mol. The number of benzene rings is 1. The largest absolute Gasteiger partial charge is 0.317 e. The SMILES string of the molecule is O=C(CCc1ccccc1Br)C1CCNCC1. The number of hydrogen-bond acceptors (Lipinski definition) is 2. The predicted octanol–water partition coefficient (Wildman–Crippen LogP) is 2.95. The molecule has 0 spiro atoms. The zero-order chi connectivity index (χ0) is 12.1. The molecule has 0 unspecified atom stereocenters. The lowest BCUT2D eigenvalue weighted by Crippen LogP contribution is -2.31. The van der Waals surface area contributed by atoms with E-state index in [2.05, 4.69) is 27.3 Å². The summed E-state index contributed by atoms with van der Waals surface area (Å²) >= 11 is 3.52. The normalized spacial score (nSPS) is 17.0. The van der Waals surface area contributed by atoms with E-state index in [1.807, 2.05) is 18.2 Å². The summed E-state index contributed by atoms with van der Waals surface area (Å²) in [6, 6.07) is 8.14. The van der Waals surface area contributed by atoms with Crippen LogP contribution in [0.1, 0.15) is 24.8 Å². The Morgan fingerprint density at radius 2 is 2.00 bits per heavy atom. The monoisotopic (exact) mass is 295 g/mol. The second-order valence-corrected chi connectivity index (χ2v) is 5.44. The zero-order valence-electron chi connectivity index (χ0n) is 9.92. The van der Waals surface area contributed by atoms with E-state index in [9.17, 15) is 4.79 Å². The van der Waals surface area contributed by atoms with Crippen LogP contribution in [0.15, 0.2) is 28.7 Å². The molecule has 0 aliphatic carbocycles. The van der Waals surface area contributed by atoms with E-state index in [-0.39, 0.29) is 0 Å². The quantitative estimate of drug-likeness (QED) is 0.925. The van der Waals surface area contributed by atoms with Crippen molar-refractivity contribution < 1.29 is 4.79 Å². The van der Waals surface area contributed by atoms with Gasteiger partial charge in [0.25, 0.3) is 0 Å². The molecule has 0 bridgehead atoms. The van der Waals surface area contributed by atoms with Crippen LogP contribution in [0.2, 0.25) is 0 Å². The maximum absolute atomic E-state index is 12.0. The van der Waals surface area contributed by atoms with Crippen molar-refractivity contribution in [2.24, 2.45) is 5.92 Å². The summed E-state index contributed by atoms with van der Waals surface area (Å²) in [5.74, 6) is 0.723. The molecule has 1 saturated heterocycles. The number of hydrogen-bond donors (Lipinski definition) is 1. The first-order valence-corrected chi connectivity index (χ1v) is 7.03. The Labute approximate surface area is 111 Å². The molecule has 1 heterocycles. The molecule has 0 aromatic heterocycles. The first kappa shape index (κ1) is 12.8. The Bertz CT molecular complexity index is 386. The van der Waals surface area contributed by atoms with E-state index in [4.69, 9.17) is 0 Å². The van der Waals surface area contributed by atoms with Crippen LogP contribution in [-0.4, -0.2) is 18.9 Å². The van der Waals surface area contributed by atoms with Gasteiger partial charge >= 0.3 is 0 Å². The van der Waals surface area contributed by atoms with Crippen LogP contribution in [0.5, 0.6) is 0 Å². The highest BCUT2D eigenvalue weighted by molar-refractivity contribution is 9.10. The van der Waals surface area contributed by atoms with E-state index in [1.54, 1.807) is 0 Å². The highest BCUT2D eigenvalue weighted by atomic mass is 79.9. The smallest absolute Gasteiger partial charge is 0.136 e. The van der Waals surface area contributed by atoms with Gasteiger partial charge in [0.1, 0.15) is 5.78 Å². The summed E-state index contributed by atoms with van der Waals surface area (Å²) in [4.78, 5) is 12.0. The van der Waals surface area contributed by atoms with Gasteiger partial charge in [-0.1, -0.05) is 34.1 Å².